The van der Waals surface area contributed by atoms with Gasteiger partial charge in [0.2, 0.25) is 0 Å². The van der Waals surface area contributed by atoms with Crippen LogP contribution in [-0.2, 0) is 4.74 Å². The number of rotatable bonds is 4. The van der Waals surface area contributed by atoms with Crippen LogP contribution in [0.4, 0.5) is 4.79 Å². The Balaban J connectivity index is 1.50. The fraction of sp³-hybridized carbons (Fsp3) is 0.304. The van der Waals surface area contributed by atoms with Crippen molar-refractivity contribution < 1.29 is 9.53 Å². The number of carbonyl (C=O) groups is 1. The van der Waals surface area contributed by atoms with Gasteiger partial charge < -0.3 is 19.9 Å². The minimum atomic E-state index is -0.245. The van der Waals surface area contributed by atoms with Gasteiger partial charge in [-0.15, -0.1) is 0 Å². The van der Waals surface area contributed by atoms with Gasteiger partial charge in [0.05, 0.1) is 31.1 Å². The van der Waals surface area contributed by atoms with Gasteiger partial charge >= 0.3 is 6.03 Å². The number of urea groups is 1. The Morgan fingerprint density at radius 1 is 1.21 bits per heavy atom. The monoisotopic (exact) mass is 390 g/mol. The number of benzene rings is 2. The SMILES string of the molecule is Cc1ccc(-c2cnc(C3COCCN3C(=O)NC(C)c3ccccc3)[nH]2)cc1. The molecule has 2 heterocycles. The summed E-state index contributed by atoms with van der Waals surface area (Å²) in [5.41, 5.74) is 4.29. The first-order valence-corrected chi connectivity index (χ1v) is 9.93. The predicted octanol–water partition coefficient (Wildman–Crippen LogP) is 4.23. The zero-order valence-corrected chi connectivity index (χ0v) is 16.8. The Hall–Kier alpha value is -3.12. The van der Waals surface area contributed by atoms with Crippen LogP contribution < -0.4 is 5.32 Å². The Labute approximate surface area is 170 Å². The van der Waals surface area contributed by atoms with Crippen LogP contribution in [0, 0.1) is 6.92 Å². The van der Waals surface area contributed by atoms with Crippen LogP contribution in [0.3, 0.4) is 0 Å². The minimum absolute atomic E-state index is 0.0769. The number of aryl methyl sites for hydroxylation is 1. The highest BCUT2D eigenvalue weighted by Crippen LogP contribution is 2.26. The fourth-order valence-corrected chi connectivity index (χ4v) is 3.55. The zero-order chi connectivity index (χ0) is 20.2. The van der Waals surface area contributed by atoms with Crippen LogP contribution in [0.25, 0.3) is 11.3 Å². The summed E-state index contributed by atoms with van der Waals surface area (Å²) in [6.45, 7) is 5.53. The lowest BCUT2D eigenvalue weighted by molar-refractivity contribution is 0.00840. The standard InChI is InChI=1S/C23H26N4O2/c1-16-8-10-19(11-9-16)20-14-24-22(26-20)21-15-29-13-12-27(21)23(28)25-17(2)18-6-4-3-5-7-18/h3-11,14,17,21H,12-13,15H2,1-2H3,(H,24,26)(H,25,28). The second-order valence-corrected chi connectivity index (χ2v) is 7.41. The molecule has 0 bridgehead atoms. The van der Waals surface area contributed by atoms with E-state index in [1.54, 1.807) is 4.90 Å². The number of imidazole rings is 1. The molecule has 2 atom stereocenters. The first-order valence-electron chi connectivity index (χ1n) is 9.93. The molecule has 3 aromatic rings. The summed E-state index contributed by atoms with van der Waals surface area (Å²) in [7, 11) is 0. The summed E-state index contributed by atoms with van der Waals surface area (Å²) in [6.07, 6.45) is 1.82. The number of ether oxygens (including phenoxy) is 1. The third-order valence-corrected chi connectivity index (χ3v) is 5.30. The van der Waals surface area contributed by atoms with Gasteiger partial charge in [0, 0.05) is 6.54 Å². The number of hydrogen-bond donors (Lipinski definition) is 2. The molecule has 0 spiro atoms. The molecule has 2 aromatic carbocycles. The lowest BCUT2D eigenvalue weighted by Gasteiger charge is -2.35. The van der Waals surface area contributed by atoms with E-state index in [4.69, 9.17) is 4.74 Å². The van der Waals surface area contributed by atoms with Gasteiger partial charge in [-0.3, -0.25) is 0 Å². The maximum absolute atomic E-state index is 13.0. The average molecular weight is 390 g/mol. The van der Waals surface area contributed by atoms with E-state index in [0.717, 1.165) is 22.6 Å². The fourth-order valence-electron chi connectivity index (χ4n) is 3.55. The van der Waals surface area contributed by atoms with Gasteiger partial charge in [0.15, 0.2) is 0 Å². The Morgan fingerprint density at radius 2 is 1.97 bits per heavy atom. The number of aromatic amines is 1. The molecular weight excluding hydrogens is 364 g/mol. The van der Waals surface area contributed by atoms with Crippen LogP contribution in [0.1, 0.15) is 36.0 Å². The van der Waals surface area contributed by atoms with Gasteiger partial charge in [0.25, 0.3) is 0 Å². The van der Waals surface area contributed by atoms with Gasteiger partial charge in [-0.05, 0) is 25.0 Å². The highest BCUT2D eigenvalue weighted by atomic mass is 16.5. The molecule has 2 unspecified atom stereocenters. The molecule has 0 radical (unpaired) electrons. The topological polar surface area (TPSA) is 70.2 Å². The molecule has 4 rings (SSSR count). The average Bonchev–Trinajstić information content (AvgIpc) is 3.25. The summed E-state index contributed by atoms with van der Waals surface area (Å²) < 4.78 is 5.66. The maximum Gasteiger partial charge on any atom is 0.318 e. The van der Waals surface area contributed by atoms with Crippen LogP contribution >= 0.6 is 0 Å². The molecule has 1 aliphatic heterocycles. The molecule has 2 N–H and O–H groups in total. The van der Waals surface area contributed by atoms with E-state index in [2.05, 4.69) is 46.5 Å². The molecule has 0 saturated carbocycles. The second-order valence-electron chi connectivity index (χ2n) is 7.41. The van der Waals surface area contributed by atoms with Crippen LogP contribution in [0.2, 0.25) is 0 Å². The summed E-state index contributed by atoms with van der Waals surface area (Å²) in [5.74, 6) is 0.739. The molecule has 0 aliphatic carbocycles. The summed E-state index contributed by atoms with van der Waals surface area (Å²) in [5, 5.41) is 3.10. The zero-order valence-electron chi connectivity index (χ0n) is 16.8. The second kappa shape index (κ2) is 8.49. The number of H-pyrrole nitrogens is 1. The van der Waals surface area contributed by atoms with Crippen molar-refractivity contribution in [1.29, 1.82) is 0 Å². The lowest BCUT2D eigenvalue weighted by atomic mass is 10.1. The molecule has 1 saturated heterocycles. The molecule has 6 heteroatoms. The van der Waals surface area contributed by atoms with E-state index in [0.29, 0.717) is 19.8 Å². The van der Waals surface area contributed by atoms with E-state index in [9.17, 15) is 4.79 Å². The number of morpholine rings is 1. The number of nitrogens with zero attached hydrogens (tertiary/aromatic N) is 2. The number of amides is 2. The molecule has 1 fully saturated rings. The first kappa shape index (κ1) is 19.2. The van der Waals surface area contributed by atoms with Gasteiger partial charge in [0.1, 0.15) is 11.9 Å². The number of hydrogen-bond acceptors (Lipinski definition) is 3. The number of carbonyl (C=O) groups excluding carboxylic acids is 1. The summed E-state index contributed by atoms with van der Waals surface area (Å²) in [6, 6.07) is 17.8. The molecule has 2 amide bonds. The summed E-state index contributed by atoms with van der Waals surface area (Å²) >= 11 is 0. The van der Waals surface area contributed by atoms with Crippen LogP contribution in [0.15, 0.2) is 60.8 Å². The van der Waals surface area contributed by atoms with Crippen molar-refractivity contribution in [1.82, 2.24) is 20.2 Å². The minimum Gasteiger partial charge on any atom is -0.377 e. The molecule has 29 heavy (non-hydrogen) atoms. The van der Waals surface area contributed by atoms with Gasteiger partial charge in [-0.1, -0.05) is 60.2 Å². The van der Waals surface area contributed by atoms with Crippen molar-refractivity contribution in [3.05, 3.63) is 77.7 Å². The normalized spacial score (nSPS) is 17.7. The lowest BCUT2D eigenvalue weighted by Crippen LogP contribution is -2.48. The Kier molecular flexibility index (Phi) is 5.62. The molecule has 150 valence electrons. The van der Waals surface area contributed by atoms with Gasteiger partial charge in [-0.2, -0.15) is 0 Å². The van der Waals surface area contributed by atoms with Crippen molar-refractivity contribution in [3.63, 3.8) is 0 Å². The van der Waals surface area contributed by atoms with Crippen molar-refractivity contribution in [2.45, 2.75) is 25.9 Å². The maximum atomic E-state index is 13.0. The Morgan fingerprint density at radius 3 is 2.72 bits per heavy atom. The molecule has 1 aromatic heterocycles. The van der Waals surface area contributed by atoms with E-state index in [1.807, 2.05) is 43.5 Å². The third kappa shape index (κ3) is 4.32. The third-order valence-electron chi connectivity index (χ3n) is 5.30. The van der Waals surface area contributed by atoms with Crippen molar-refractivity contribution in [2.24, 2.45) is 0 Å². The van der Waals surface area contributed by atoms with E-state index in [1.165, 1.54) is 5.56 Å². The highest BCUT2D eigenvalue weighted by molar-refractivity contribution is 5.75. The number of aromatic nitrogens is 2. The van der Waals surface area contributed by atoms with Crippen molar-refractivity contribution in [3.8, 4) is 11.3 Å². The summed E-state index contributed by atoms with van der Waals surface area (Å²) in [4.78, 5) is 22.7. The van der Waals surface area contributed by atoms with Crippen molar-refractivity contribution >= 4 is 6.03 Å². The first-order chi connectivity index (χ1) is 14.1. The molecule has 6 nitrogen and oxygen atoms in total. The molecular formula is C23H26N4O2. The van der Waals surface area contributed by atoms with E-state index >= 15 is 0 Å². The highest BCUT2D eigenvalue weighted by Gasteiger charge is 2.31. The van der Waals surface area contributed by atoms with Gasteiger partial charge in [-0.25, -0.2) is 9.78 Å². The number of nitrogens with one attached hydrogen (secondary N) is 2. The largest absolute Gasteiger partial charge is 0.377 e. The smallest absolute Gasteiger partial charge is 0.318 e. The Bertz CT molecular complexity index is 953. The van der Waals surface area contributed by atoms with Crippen molar-refractivity contribution in [2.75, 3.05) is 19.8 Å². The predicted molar refractivity (Wildman–Crippen MR) is 112 cm³/mol. The van der Waals surface area contributed by atoms with E-state index < -0.39 is 0 Å². The van der Waals surface area contributed by atoms with Crippen LogP contribution in [0.5, 0.6) is 0 Å². The van der Waals surface area contributed by atoms with E-state index in [-0.39, 0.29) is 18.1 Å². The quantitative estimate of drug-likeness (QED) is 0.700. The van der Waals surface area contributed by atoms with Crippen LogP contribution in [-0.4, -0.2) is 40.7 Å². The molecule has 1 aliphatic rings.